The summed E-state index contributed by atoms with van der Waals surface area (Å²) in [5.74, 6) is -52.6. The summed E-state index contributed by atoms with van der Waals surface area (Å²) in [6, 6.07) is 1.79. The Hall–Kier alpha value is -7.92. The van der Waals surface area contributed by atoms with E-state index in [1.807, 2.05) is 0 Å². The summed E-state index contributed by atoms with van der Waals surface area (Å²) in [6.45, 7) is 0. The third-order valence-corrected chi connectivity index (χ3v) is 10.6. The van der Waals surface area contributed by atoms with Gasteiger partial charge in [0.25, 0.3) is 0 Å². The lowest BCUT2D eigenvalue weighted by Gasteiger charge is -2.14. The standard InChI is InChI=1S/C44H10F20N4/c45-25-21(26(46)34(54)41(61)33(25)53)17-9-5-15(65-7-9)20(24-31(51)39(59)44(64)40(60)32(24)52)16-6-10(8-66-16)18(22-27(47)35(55)42(62)36(56)28(22)48)12-2-4-14(68-12)19(13-3-1-11(17)67-13)23-29(49)37(57)43(63)38(58)30(23)50/h1-8,65,68H. The van der Waals surface area contributed by atoms with E-state index >= 15 is 35.1 Å². The molecule has 4 nitrogen and oxygen atoms in total. The maximum Gasteiger partial charge on any atom is 0.200 e. The minimum Gasteiger partial charge on any atom is -0.360 e. The van der Waals surface area contributed by atoms with Crippen LogP contribution < -0.4 is 10.7 Å². The monoisotopic (exact) mass is 974 g/mol. The molecule has 9 rings (SSSR count). The molecule has 3 aliphatic heterocycles. The second-order valence-electron chi connectivity index (χ2n) is 14.3. The molecule has 8 bridgehead atoms. The maximum atomic E-state index is 15.8. The maximum absolute atomic E-state index is 15.8. The van der Waals surface area contributed by atoms with Crippen LogP contribution in [0, 0.1) is 116 Å². The molecule has 24 heteroatoms. The Morgan fingerprint density at radius 2 is 0.735 bits per heavy atom. The average Bonchev–Trinajstić information content (AvgIpc) is 4.18. The molecule has 3 aliphatic rings. The van der Waals surface area contributed by atoms with Crippen molar-refractivity contribution in [3.05, 3.63) is 220 Å². The van der Waals surface area contributed by atoms with Crippen LogP contribution in [0.25, 0.3) is 22.3 Å². The first-order valence-electron chi connectivity index (χ1n) is 18.3. The molecule has 346 valence electrons. The van der Waals surface area contributed by atoms with Crippen molar-refractivity contribution in [2.24, 2.45) is 9.98 Å². The van der Waals surface area contributed by atoms with Gasteiger partial charge in [-0.25, -0.2) is 92.8 Å². The molecule has 0 aliphatic carbocycles. The van der Waals surface area contributed by atoms with Gasteiger partial charge in [-0.1, -0.05) is 0 Å². The number of hydrogen-bond donors (Lipinski definition) is 2. The molecule has 0 atom stereocenters. The first-order chi connectivity index (χ1) is 32.1. The predicted octanol–water partition coefficient (Wildman–Crippen LogP) is 10.8. The number of fused-ring (bicyclic) bond motifs is 6. The Kier molecular flexibility index (Phi) is 10.6. The fourth-order valence-electron chi connectivity index (χ4n) is 7.60. The quantitative estimate of drug-likeness (QED) is 0.100. The minimum absolute atomic E-state index is 0.461. The smallest absolute Gasteiger partial charge is 0.200 e. The number of hydrogen-bond acceptors (Lipinski definition) is 2. The van der Waals surface area contributed by atoms with Crippen LogP contribution in [-0.4, -0.2) is 21.9 Å². The van der Waals surface area contributed by atoms with Gasteiger partial charge in [-0.05, 0) is 36.4 Å². The molecule has 0 amide bonds. The SMILES string of the molecule is Fc1c(F)c(F)c(C2=C3C=CC(=N3)C(c3c(F)c(F)c(F)c(F)c3F)=c3ccc([nH]3)=C(c3c(F)c(F)c(F)c(F)c3F)C3=CC(=C(c4c(F)c(F)c(F)c(F)c4F)c4cc2c[nH]4)N=C3)c(F)c1F. The number of rotatable bonds is 4. The second kappa shape index (κ2) is 15.9. The number of nitrogens with zero attached hydrogens (tertiary/aromatic N) is 2. The van der Waals surface area contributed by atoms with Crippen molar-refractivity contribution < 1.29 is 87.8 Å². The first kappa shape index (κ1) is 45.2. The van der Waals surface area contributed by atoms with Crippen LogP contribution in [0.15, 0.2) is 69.6 Å². The zero-order chi connectivity index (χ0) is 49.3. The van der Waals surface area contributed by atoms with Gasteiger partial charge >= 0.3 is 0 Å². The molecular formula is C44H10F20N4. The number of aromatic amines is 2. The van der Waals surface area contributed by atoms with E-state index < -0.39 is 206 Å². The second-order valence-corrected chi connectivity index (χ2v) is 14.3. The van der Waals surface area contributed by atoms with Gasteiger partial charge in [0, 0.05) is 62.2 Å². The number of benzene rings is 4. The molecular weight excluding hydrogens is 964 g/mol. The topological polar surface area (TPSA) is 56.3 Å². The zero-order valence-corrected chi connectivity index (χ0v) is 32.1. The summed E-state index contributed by atoms with van der Waals surface area (Å²) < 4.78 is 303. The number of aliphatic imine (C=N–C) groups is 2. The molecule has 2 N–H and O–H groups in total. The van der Waals surface area contributed by atoms with Gasteiger partial charge < -0.3 is 9.97 Å². The third kappa shape index (κ3) is 6.39. The summed E-state index contributed by atoms with van der Waals surface area (Å²) in [5, 5.41) is -1.85. The van der Waals surface area contributed by atoms with E-state index in [2.05, 4.69) is 20.0 Å². The largest absolute Gasteiger partial charge is 0.360 e. The highest BCUT2D eigenvalue weighted by Crippen LogP contribution is 2.43. The van der Waals surface area contributed by atoms with E-state index in [1.165, 1.54) is 0 Å². The van der Waals surface area contributed by atoms with Crippen LogP contribution in [0.2, 0.25) is 0 Å². The van der Waals surface area contributed by atoms with Crippen LogP contribution in [0.3, 0.4) is 0 Å². The van der Waals surface area contributed by atoms with Gasteiger partial charge in [0.05, 0.1) is 39.4 Å². The van der Waals surface area contributed by atoms with Gasteiger partial charge in [0.15, 0.2) is 93.1 Å². The van der Waals surface area contributed by atoms with Gasteiger partial charge in [0.2, 0.25) is 23.3 Å². The summed E-state index contributed by atoms with van der Waals surface area (Å²) in [5.41, 5.74) is -18.2. The van der Waals surface area contributed by atoms with E-state index in [9.17, 15) is 52.7 Å². The Morgan fingerprint density at radius 3 is 1.18 bits per heavy atom. The summed E-state index contributed by atoms with van der Waals surface area (Å²) >= 11 is 0. The Balaban J connectivity index is 1.54. The number of H-pyrrole nitrogens is 2. The van der Waals surface area contributed by atoms with E-state index in [4.69, 9.17) is 0 Å². The molecule has 0 saturated carbocycles. The van der Waals surface area contributed by atoms with E-state index in [0.717, 1.165) is 0 Å². The molecule has 68 heavy (non-hydrogen) atoms. The van der Waals surface area contributed by atoms with Crippen LogP contribution >= 0.6 is 0 Å². The van der Waals surface area contributed by atoms with E-state index in [-0.39, 0.29) is 0 Å². The van der Waals surface area contributed by atoms with Crippen molar-refractivity contribution >= 4 is 34.2 Å². The summed E-state index contributed by atoms with van der Waals surface area (Å²) in [4.78, 5) is 12.2. The molecule has 2 aromatic heterocycles. The van der Waals surface area contributed by atoms with E-state index in [1.54, 1.807) is 0 Å². The Morgan fingerprint density at radius 1 is 0.368 bits per heavy atom. The molecule has 0 radical (unpaired) electrons. The lowest BCUT2D eigenvalue weighted by atomic mass is 9.93. The normalized spacial score (nSPS) is 14.6. The fourth-order valence-corrected chi connectivity index (χ4v) is 7.60. The van der Waals surface area contributed by atoms with Crippen molar-refractivity contribution in [2.45, 2.75) is 0 Å². The van der Waals surface area contributed by atoms with Crippen LogP contribution in [0.1, 0.15) is 33.5 Å². The number of nitrogens with one attached hydrogen (secondary N) is 2. The van der Waals surface area contributed by atoms with Crippen molar-refractivity contribution in [3.8, 4) is 0 Å². The fraction of sp³-hybridized carbons (Fsp3) is 0. The number of aromatic nitrogens is 2. The van der Waals surface area contributed by atoms with Gasteiger partial charge in [0.1, 0.15) is 0 Å². The van der Waals surface area contributed by atoms with Crippen LogP contribution in [0.5, 0.6) is 0 Å². The highest BCUT2D eigenvalue weighted by atomic mass is 19.2. The number of halogens is 20. The molecule has 0 saturated heterocycles. The van der Waals surface area contributed by atoms with E-state index in [0.29, 0.717) is 48.8 Å². The molecule has 5 heterocycles. The molecule has 0 spiro atoms. The summed E-state index contributed by atoms with van der Waals surface area (Å²) in [6.07, 6.45) is 2.72. The molecule has 0 fully saturated rings. The lowest BCUT2D eigenvalue weighted by molar-refractivity contribution is 0.376. The van der Waals surface area contributed by atoms with Crippen molar-refractivity contribution in [3.63, 3.8) is 0 Å². The van der Waals surface area contributed by atoms with Gasteiger partial charge in [-0.3, -0.25) is 4.99 Å². The molecule has 6 aromatic rings. The Bertz CT molecular complexity index is 3330. The third-order valence-electron chi connectivity index (χ3n) is 10.6. The molecule has 4 aromatic carbocycles. The van der Waals surface area contributed by atoms with Crippen molar-refractivity contribution in [1.82, 2.24) is 9.97 Å². The first-order valence-corrected chi connectivity index (χ1v) is 18.3. The van der Waals surface area contributed by atoms with Crippen LogP contribution in [-0.2, 0) is 0 Å². The van der Waals surface area contributed by atoms with Gasteiger partial charge in [-0.15, -0.1) is 0 Å². The van der Waals surface area contributed by atoms with Crippen LogP contribution in [0.4, 0.5) is 87.8 Å². The highest BCUT2D eigenvalue weighted by Gasteiger charge is 2.37. The Labute approximate surface area is 361 Å². The zero-order valence-electron chi connectivity index (χ0n) is 32.1. The lowest BCUT2D eigenvalue weighted by Crippen LogP contribution is -2.23. The molecule has 0 unspecified atom stereocenters. The van der Waals surface area contributed by atoms with Gasteiger partial charge in [-0.2, -0.15) is 0 Å². The predicted molar refractivity (Wildman–Crippen MR) is 196 cm³/mol. The highest BCUT2D eigenvalue weighted by molar-refractivity contribution is 6.30. The summed E-state index contributed by atoms with van der Waals surface area (Å²) in [7, 11) is 0. The van der Waals surface area contributed by atoms with Crippen molar-refractivity contribution in [2.75, 3.05) is 0 Å². The van der Waals surface area contributed by atoms with Crippen molar-refractivity contribution in [1.29, 1.82) is 0 Å². The minimum atomic E-state index is -2.72. The average molecular weight is 975 g/mol. The number of allylic oxidation sites excluding steroid dienone is 4.